The highest BCUT2D eigenvalue weighted by molar-refractivity contribution is 5.82. The summed E-state index contributed by atoms with van der Waals surface area (Å²) in [5.74, 6) is 1.45. The minimum Gasteiger partial charge on any atom is -0.493 e. The number of nitrogens with zero attached hydrogens (tertiary/aromatic N) is 2. The number of ether oxygens (including phenoxy) is 2. The topological polar surface area (TPSA) is 116 Å². The second kappa shape index (κ2) is 9.37. The fourth-order valence-corrected chi connectivity index (χ4v) is 2.79. The highest BCUT2D eigenvalue weighted by Crippen LogP contribution is 2.30. The van der Waals surface area contributed by atoms with Gasteiger partial charge in [-0.15, -0.1) is 0 Å². The number of nitrogens with one attached hydrogen (secondary N) is 1. The van der Waals surface area contributed by atoms with Crippen LogP contribution in [0.5, 0.6) is 11.5 Å². The number of amides is 1. The molecule has 0 saturated heterocycles. The first-order valence-corrected chi connectivity index (χ1v) is 8.88. The van der Waals surface area contributed by atoms with E-state index >= 15 is 0 Å². The van der Waals surface area contributed by atoms with Crippen LogP contribution in [-0.4, -0.2) is 31.3 Å². The Morgan fingerprint density at radius 3 is 2.63 bits per heavy atom. The second-order valence-electron chi connectivity index (χ2n) is 6.14. The molecule has 0 spiro atoms. The zero-order valence-electron chi connectivity index (χ0n) is 16.3. The largest absolute Gasteiger partial charge is 0.493 e. The van der Waals surface area contributed by atoms with Crippen LogP contribution in [0.15, 0.2) is 64.1 Å². The molecule has 9 nitrogen and oxygen atoms in total. The summed E-state index contributed by atoms with van der Waals surface area (Å²) in [5, 5.41) is 15.0. The molecule has 2 aromatic carbocycles. The molecule has 154 valence electrons. The molecule has 1 aromatic heterocycles. The average Bonchev–Trinajstić information content (AvgIpc) is 3.22. The van der Waals surface area contributed by atoms with Gasteiger partial charge in [-0.2, -0.15) is 5.10 Å². The van der Waals surface area contributed by atoms with E-state index < -0.39 is 4.92 Å². The number of rotatable bonds is 8. The predicted molar refractivity (Wildman–Crippen MR) is 110 cm³/mol. The summed E-state index contributed by atoms with van der Waals surface area (Å²) in [4.78, 5) is 22.8. The van der Waals surface area contributed by atoms with Crippen molar-refractivity contribution in [3.8, 4) is 22.8 Å². The number of nitro groups is 1. The molecule has 0 atom stereocenters. The lowest BCUT2D eigenvalue weighted by atomic mass is 10.1. The minimum absolute atomic E-state index is 0.0569. The van der Waals surface area contributed by atoms with Gasteiger partial charge in [-0.05, 0) is 35.9 Å². The Balaban J connectivity index is 1.63. The van der Waals surface area contributed by atoms with Gasteiger partial charge in [0.25, 0.3) is 5.69 Å². The van der Waals surface area contributed by atoms with E-state index in [-0.39, 0.29) is 18.0 Å². The second-order valence-corrected chi connectivity index (χ2v) is 6.14. The summed E-state index contributed by atoms with van der Waals surface area (Å²) in [7, 11) is 3.06. The highest BCUT2D eigenvalue weighted by Gasteiger charge is 2.16. The van der Waals surface area contributed by atoms with Crippen LogP contribution in [0.3, 0.4) is 0 Å². The van der Waals surface area contributed by atoms with Gasteiger partial charge in [0.05, 0.1) is 37.3 Å². The molecular weight excluding hydrogens is 390 g/mol. The zero-order chi connectivity index (χ0) is 21.5. The number of para-hydroxylation sites is 1. The Kier molecular flexibility index (Phi) is 6.43. The molecule has 0 fully saturated rings. The molecular formula is C21H19N3O6. The van der Waals surface area contributed by atoms with Gasteiger partial charge in [0.1, 0.15) is 11.5 Å². The molecule has 0 radical (unpaired) electrons. The molecule has 0 bridgehead atoms. The number of nitro benzene ring substituents is 1. The Labute approximate surface area is 172 Å². The first-order chi connectivity index (χ1) is 14.5. The Bertz CT molecular complexity index is 1090. The summed E-state index contributed by atoms with van der Waals surface area (Å²) >= 11 is 0. The van der Waals surface area contributed by atoms with Gasteiger partial charge in [0.15, 0.2) is 11.5 Å². The fraction of sp³-hybridized carbons (Fsp3) is 0.143. The van der Waals surface area contributed by atoms with Crippen LogP contribution < -0.4 is 14.9 Å². The van der Waals surface area contributed by atoms with Gasteiger partial charge >= 0.3 is 0 Å². The van der Waals surface area contributed by atoms with Gasteiger partial charge in [-0.1, -0.05) is 18.2 Å². The number of hydrogen-bond donors (Lipinski definition) is 1. The van der Waals surface area contributed by atoms with E-state index in [1.165, 1.54) is 26.5 Å². The number of benzene rings is 2. The van der Waals surface area contributed by atoms with Crippen LogP contribution in [0.4, 0.5) is 5.69 Å². The molecule has 3 rings (SSSR count). The van der Waals surface area contributed by atoms with Crippen molar-refractivity contribution in [2.24, 2.45) is 5.10 Å². The summed E-state index contributed by atoms with van der Waals surface area (Å²) in [5.41, 5.74) is 3.45. The predicted octanol–water partition coefficient (Wildman–Crippen LogP) is 3.56. The van der Waals surface area contributed by atoms with E-state index in [0.29, 0.717) is 28.6 Å². The van der Waals surface area contributed by atoms with E-state index in [9.17, 15) is 14.9 Å². The van der Waals surface area contributed by atoms with Crippen LogP contribution >= 0.6 is 0 Å². The average molecular weight is 409 g/mol. The van der Waals surface area contributed by atoms with Gasteiger partial charge in [-0.3, -0.25) is 14.9 Å². The molecule has 1 amide bonds. The lowest BCUT2D eigenvalue weighted by Crippen LogP contribution is -2.19. The molecule has 0 saturated carbocycles. The van der Waals surface area contributed by atoms with Crippen molar-refractivity contribution in [2.45, 2.75) is 6.42 Å². The molecule has 0 aliphatic heterocycles. The molecule has 30 heavy (non-hydrogen) atoms. The van der Waals surface area contributed by atoms with Gasteiger partial charge < -0.3 is 13.9 Å². The van der Waals surface area contributed by atoms with Crippen molar-refractivity contribution < 1.29 is 23.6 Å². The lowest BCUT2D eigenvalue weighted by Gasteiger charge is -2.09. The van der Waals surface area contributed by atoms with Crippen molar-refractivity contribution in [1.29, 1.82) is 0 Å². The van der Waals surface area contributed by atoms with Crippen molar-refractivity contribution in [2.75, 3.05) is 14.2 Å². The Morgan fingerprint density at radius 1 is 1.13 bits per heavy atom. The summed E-state index contributed by atoms with van der Waals surface area (Å²) in [6.07, 6.45) is 1.42. The van der Waals surface area contributed by atoms with E-state index in [1.54, 1.807) is 48.5 Å². The lowest BCUT2D eigenvalue weighted by molar-refractivity contribution is -0.384. The summed E-state index contributed by atoms with van der Waals surface area (Å²) < 4.78 is 16.0. The zero-order valence-corrected chi connectivity index (χ0v) is 16.3. The Morgan fingerprint density at radius 2 is 1.90 bits per heavy atom. The highest BCUT2D eigenvalue weighted by atomic mass is 16.6. The first-order valence-electron chi connectivity index (χ1n) is 8.88. The van der Waals surface area contributed by atoms with Gasteiger partial charge in [0, 0.05) is 6.07 Å². The van der Waals surface area contributed by atoms with Crippen molar-refractivity contribution in [3.63, 3.8) is 0 Å². The summed E-state index contributed by atoms with van der Waals surface area (Å²) in [6, 6.07) is 14.7. The number of hydrazone groups is 1. The van der Waals surface area contributed by atoms with Crippen LogP contribution in [0.1, 0.15) is 11.3 Å². The van der Waals surface area contributed by atoms with Crippen molar-refractivity contribution in [3.05, 3.63) is 76.0 Å². The number of hydrogen-bond acceptors (Lipinski definition) is 7. The minimum atomic E-state index is -0.472. The molecule has 3 aromatic rings. The normalized spacial score (nSPS) is 10.7. The van der Waals surface area contributed by atoms with Crippen LogP contribution in [0, 0.1) is 10.1 Å². The van der Waals surface area contributed by atoms with Gasteiger partial charge in [0.2, 0.25) is 5.91 Å². The number of furan rings is 1. The smallest absolute Gasteiger partial charge is 0.280 e. The van der Waals surface area contributed by atoms with Crippen LogP contribution in [0.2, 0.25) is 0 Å². The Hall–Kier alpha value is -4.14. The SMILES string of the molecule is COc1ccc(CC(=O)NN=Cc2ccc(-c3ccccc3[N+](=O)[O-])o2)cc1OC. The van der Waals surface area contributed by atoms with E-state index in [2.05, 4.69) is 10.5 Å². The number of carbonyl (C=O) groups excluding carboxylic acids is 1. The molecule has 1 heterocycles. The number of carbonyl (C=O) groups is 1. The third-order valence-electron chi connectivity index (χ3n) is 4.19. The molecule has 1 N–H and O–H groups in total. The molecule has 0 aliphatic carbocycles. The first kappa shape index (κ1) is 20.6. The number of methoxy groups -OCH3 is 2. The quantitative estimate of drug-likeness (QED) is 0.345. The van der Waals surface area contributed by atoms with Crippen molar-refractivity contribution in [1.82, 2.24) is 5.43 Å². The molecule has 0 unspecified atom stereocenters. The molecule has 9 heteroatoms. The van der Waals surface area contributed by atoms with Crippen molar-refractivity contribution >= 4 is 17.8 Å². The maximum atomic E-state index is 12.1. The van der Waals surface area contributed by atoms with E-state index in [0.717, 1.165) is 5.56 Å². The maximum absolute atomic E-state index is 12.1. The molecule has 0 aliphatic rings. The van der Waals surface area contributed by atoms with Gasteiger partial charge in [-0.25, -0.2) is 5.43 Å². The third-order valence-corrected chi connectivity index (χ3v) is 4.19. The third kappa shape index (κ3) is 4.82. The van der Waals surface area contributed by atoms with Crippen LogP contribution in [-0.2, 0) is 11.2 Å². The van der Waals surface area contributed by atoms with E-state index in [4.69, 9.17) is 13.9 Å². The fourth-order valence-electron chi connectivity index (χ4n) is 2.79. The van der Waals surface area contributed by atoms with E-state index in [1.807, 2.05) is 0 Å². The maximum Gasteiger partial charge on any atom is 0.280 e. The van der Waals surface area contributed by atoms with Crippen LogP contribution in [0.25, 0.3) is 11.3 Å². The standard InChI is InChI=1S/C21H19N3O6/c1-28-19-9-7-14(11-20(19)29-2)12-21(25)23-22-13-15-8-10-18(30-15)16-5-3-4-6-17(16)24(26)27/h3-11,13H,12H2,1-2H3,(H,23,25). The summed E-state index contributed by atoms with van der Waals surface area (Å²) in [6.45, 7) is 0. The monoisotopic (exact) mass is 409 g/mol.